The lowest BCUT2D eigenvalue weighted by Gasteiger charge is -2.24. The maximum atomic E-state index is 5.53. The molecule has 1 aromatic rings. The Hall–Kier alpha value is -1.06. The summed E-state index contributed by atoms with van der Waals surface area (Å²) < 4.78 is 11.0. The Morgan fingerprint density at radius 2 is 2.00 bits per heavy atom. The molecule has 0 bridgehead atoms. The molecule has 0 aromatic heterocycles. The molecular formula is C16H25NO2. The SMILES string of the molecule is CCOc1ccc(C(C)NC2CCCC2OC)cc1. The van der Waals surface area contributed by atoms with Crippen molar-refractivity contribution >= 4 is 0 Å². The van der Waals surface area contributed by atoms with Crippen LogP contribution in [0.2, 0.25) is 0 Å². The van der Waals surface area contributed by atoms with Crippen molar-refractivity contribution in [2.24, 2.45) is 0 Å². The summed E-state index contributed by atoms with van der Waals surface area (Å²) in [6.45, 7) is 4.93. The van der Waals surface area contributed by atoms with Gasteiger partial charge in [-0.1, -0.05) is 12.1 Å². The predicted octanol–water partition coefficient (Wildman–Crippen LogP) is 3.30. The molecule has 0 spiro atoms. The van der Waals surface area contributed by atoms with E-state index in [2.05, 4.69) is 24.4 Å². The van der Waals surface area contributed by atoms with E-state index >= 15 is 0 Å². The van der Waals surface area contributed by atoms with Crippen LogP contribution in [0.25, 0.3) is 0 Å². The highest BCUT2D eigenvalue weighted by atomic mass is 16.5. The number of methoxy groups -OCH3 is 1. The summed E-state index contributed by atoms with van der Waals surface area (Å²) in [4.78, 5) is 0. The molecular weight excluding hydrogens is 238 g/mol. The highest BCUT2D eigenvalue weighted by Gasteiger charge is 2.28. The van der Waals surface area contributed by atoms with E-state index in [0.29, 0.717) is 24.8 Å². The van der Waals surface area contributed by atoms with Gasteiger partial charge in [0.2, 0.25) is 0 Å². The zero-order valence-electron chi connectivity index (χ0n) is 12.2. The minimum absolute atomic E-state index is 0.344. The summed E-state index contributed by atoms with van der Waals surface area (Å²) in [5.41, 5.74) is 1.30. The number of benzene rings is 1. The zero-order chi connectivity index (χ0) is 13.7. The molecule has 19 heavy (non-hydrogen) atoms. The number of hydrogen-bond acceptors (Lipinski definition) is 3. The lowest BCUT2D eigenvalue weighted by molar-refractivity contribution is 0.0820. The Bertz CT molecular complexity index is 377. The van der Waals surface area contributed by atoms with Crippen LogP contribution in [0.4, 0.5) is 0 Å². The van der Waals surface area contributed by atoms with Crippen LogP contribution < -0.4 is 10.1 Å². The number of rotatable bonds is 6. The van der Waals surface area contributed by atoms with Crippen molar-refractivity contribution in [3.8, 4) is 5.75 Å². The minimum Gasteiger partial charge on any atom is -0.494 e. The van der Waals surface area contributed by atoms with Crippen LogP contribution in [0.15, 0.2) is 24.3 Å². The van der Waals surface area contributed by atoms with Crippen molar-refractivity contribution in [1.29, 1.82) is 0 Å². The molecule has 1 aromatic carbocycles. The molecule has 3 heteroatoms. The second-order valence-electron chi connectivity index (χ2n) is 5.20. The van der Waals surface area contributed by atoms with Crippen LogP contribution in [0.1, 0.15) is 44.7 Å². The second kappa shape index (κ2) is 6.92. The molecule has 106 valence electrons. The quantitative estimate of drug-likeness (QED) is 0.854. The summed E-state index contributed by atoms with van der Waals surface area (Å²) in [6.07, 6.45) is 4.00. The van der Waals surface area contributed by atoms with Gasteiger partial charge in [-0.05, 0) is 50.8 Å². The van der Waals surface area contributed by atoms with Crippen molar-refractivity contribution in [3.05, 3.63) is 29.8 Å². The Kier molecular flexibility index (Phi) is 5.23. The molecule has 3 nitrogen and oxygen atoms in total. The first kappa shape index (κ1) is 14.4. The van der Waals surface area contributed by atoms with Crippen molar-refractivity contribution in [1.82, 2.24) is 5.32 Å². The van der Waals surface area contributed by atoms with Gasteiger partial charge in [-0.3, -0.25) is 0 Å². The molecule has 0 aliphatic heterocycles. The molecule has 0 heterocycles. The monoisotopic (exact) mass is 263 g/mol. The van der Waals surface area contributed by atoms with E-state index in [1.54, 1.807) is 0 Å². The smallest absolute Gasteiger partial charge is 0.119 e. The average Bonchev–Trinajstić information content (AvgIpc) is 2.87. The van der Waals surface area contributed by atoms with E-state index in [0.717, 1.165) is 5.75 Å². The summed E-state index contributed by atoms with van der Waals surface area (Å²) in [5, 5.41) is 3.68. The summed E-state index contributed by atoms with van der Waals surface area (Å²) in [6, 6.07) is 9.18. The fourth-order valence-corrected chi connectivity index (χ4v) is 2.84. The lowest BCUT2D eigenvalue weighted by Crippen LogP contribution is -2.38. The molecule has 1 aliphatic carbocycles. The van der Waals surface area contributed by atoms with Crippen LogP contribution in [0, 0.1) is 0 Å². The molecule has 1 fully saturated rings. The molecule has 0 radical (unpaired) electrons. The Labute approximate surface area is 116 Å². The van der Waals surface area contributed by atoms with Crippen LogP contribution in [-0.2, 0) is 4.74 Å². The van der Waals surface area contributed by atoms with Crippen molar-refractivity contribution in [3.63, 3.8) is 0 Å². The normalized spacial score (nSPS) is 24.4. The molecule has 1 N–H and O–H groups in total. The fraction of sp³-hybridized carbons (Fsp3) is 0.625. The number of ether oxygens (including phenoxy) is 2. The molecule has 3 unspecified atom stereocenters. The third-order valence-corrected chi connectivity index (χ3v) is 3.91. The molecule has 1 aliphatic rings. The number of nitrogens with one attached hydrogen (secondary N) is 1. The summed E-state index contributed by atoms with van der Waals surface area (Å²) >= 11 is 0. The predicted molar refractivity (Wildman–Crippen MR) is 77.6 cm³/mol. The largest absolute Gasteiger partial charge is 0.494 e. The van der Waals surface area contributed by atoms with Gasteiger partial charge in [-0.2, -0.15) is 0 Å². The van der Waals surface area contributed by atoms with Crippen molar-refractivity contribution < 1.29 is 9.47 Å². The van der Waals surface area contributed by atoms with Crippen molar-refractivity contribution in [2.45, 2.75) is 51.3 Å². The summed E-state index contributed by atoms with van der Waals surface area (Å²) in [7, 11) is 1.81. The molecule has 0 saturated heterocycles. The van der Waals surface area contributed by atoms with E-state index < -0.39 is 0 Å². The van der Waals surface area contributed by atoms with E-state index in [-0.39, 0.29) is 0 Å². The van der Waals surface area contributed by atoms with Crippen LogP contribution in [-0.4, -0.2) is 25.9 Å². The van der Waals surface area contributed by atoms with Crippen LogP contribution in [0.5, 0.6) is 5.75 Å². The van der Waals surface area contributed by atoms with Gasteiger partial charge in [-0.15, -0.1) is 0 Å². The van der Waals surface area contributed by atoms with Gasteiger partial charge >= 0.3 is 0 Å². The third-order valence-electron chi connectivity index (χ3n) is 3.91. The van der Waals surface area contributed by atoms with Crippen molar-refractivity contribution in [2.75, 3.05) is 13.7 Å². The van der Waals surface area contributed by atoms with Gasteiger partial charge < -0.3 is 14.8 Å². The van der Waals surface area contributed by atoms with Gasteiger partial charge in [-0.25, -0.2) is 0 Å². The van der Waals surface area contributed by atoms with E-state index in [9.17, 15) is 0 Å². The highest BCUT2D eigenvalue weighted by Crippen LogP contribution is 2.25. The third kappa shape index (κ3) is 3.71. The summed E-state index contributed by atoms with van der Waals surface area (Å²) in [5.74, 6) is 0.939. The molecule has 0 amide bonds. The number of hydrogen-bond donors (Lipinski definition) is 1. The van der Waals surface area contributed by atoms with Gasteiger partial charge in [0.05, 0.1) is 12.7 Å². The standard InChI is InChI=1S/C16H25NO2/c1-4-19-14-10-8-13(9-11-14)12(2)17-15-6-5-7-16(15)18-3/h8-12,15-17H,4-7H2,1-3H3. The van der Waals surface area contributed by atoms with E-state index in [1.165, 1.54) is 24.8 Å². The first-order chi connectivity index (χ1) is 9.24. The zero-order valence-corrected chi connectivity index (χ0v) is 12.2. The lowest BCUT2D eigenvalue weighted by atomic mass is 10.1. The Balaban J connectivity index is 1.93. The van der Waals surface area contributed by atoms with E-state index in [4.69, 9.17) is 9.47 Å². The Morgan fingerprint density at radius 1 is 1.26 bits per heavy atom. The second-order valence-corrected chi connectivity index (χ2v) is 5.20. The minimum atomic E-state index is 0.344. The molecule has 1 saturated carbocycles. The maximum Gasteiger partial charge on any atom is 0.119 e. The molecule has 3 atom stereocenters. The van der Waals surface area contributed by atoms with Gasteiger partial charge in [0, 0.05) is 19.2 Å². The molecule has 2 rings (SSSR count). The van der Waals surface area contributed by atoms with Gasteiger partial charge in [0.25, 0.3) is 0 Å². The maximum absolute atomic E-state index is 5.53. The fourth-order valence-electron chi connectivity index (χ4n) is 2.84. The topological polar surface area (TPSA) is 30.5 Å². The average molecular weight is 263 g/mol. The highest BCUT2D eigenvalue weighted by molar-refractivity contribution is 5.29. The van der Waals surface area contributed by atoms with Gasteiger partial charge in [0.15, 0.2) is 0 Å². The first-order valence-corrected chi connectivity index (χ1v) is 7.26. The Morgan fingerprint density at radius 3 is 2.63 bits per heavy atom. The van der Waals surface area contributed by atoms with Crippen LogP contribution >= 0.6 is 0 Å². The van der Waals surface area contributed by atoms with Crippen LogP contribution in [0.3, 0.4) is 0 Å². The van der Waals surface area contributed by atoms with Gasteiger partial charge in [0.1, 0.15) is 5.75 Å². The first-order valence-electron chi connectivity index (χ1n) is 7.26. The van der Waals surface area contributed by atoms with E-state index in [1.807, 2.05) is 26.2 Å².